The normalized spacial score (nSPS) is 17.1. The number of aromatic nitrogens is 2. The van der Waals surface area contributed by atoms with Crippen LogP contribution in [0.5, 0.6) is 0 Å². The Bertz CT molecular complexity index is 897. The van der Waals surface area contributed by atoms with Crippen molar-refractivity contribution in [1.29, 1.82) is 0 Å². The highest BCUT2D eigenvalue weighted by Crippen LogP contribution is 2.22. The molecule has 1 aliphatic rings. The molecular weight excluding hydrogens is 348 g/mol. The molecular formula is C19H26N4O4. The second kappa shape index (κ2) is 8.28. The van der Waals surface area contributed by atoms with Crippen molar-refractivity contribution in [1.82, 2.24) is 14.5 Å². The van der Waals surface area contributed by atoms with Gasteiger partial charge in [-0.2, -0.15) is 0 Å². The first-order valence-corrected chi connectivity index (χ1v) is 9.37. The molecule has 0 radical (unpaired) electrons. The largest absolute Gasteiger partial charge is 0.467 e. The van der Waals surface area contributed by atoms with Crippen molar-refractivity contribution >= 4 is 11.7 Å². The van der Waals surface area contributed by atoms with Gasteiger partial charge in [0.15, 0.2) is 0 Å². The minimum atomic E-state index is -0.327. The lowest BCUT2D eigenvalue weighted by Gasteiger charge is -2.34. The molecule has 1 aliphatic heterocycles. The summed E-state index contributed by atoms with van der Waals surface area (Å²) < 4.78 is 7.99. The summed E-state index contributed by atoms with van der Waals surface area (Å²) in [5.41, 5.74) is -0.643. The first kappa shape index (κ1) is 19.0. The molecule has 0 aromatic carbocycles. The van der Waals surface area contributed by atoms with Crippen LogP contribution in [0.15, 0.2) is 38.5 Å². The number of carbonyl (C=O) groups is 1. The summed E-state index contributed by atoms with van der Waals surface area (Å²) in [6.45, 7) is 4.09. The van der Waals surface area contributed by atoms with Crippen LogP contribution in [0.2, 0.25) is 0 Å². The minimum absolute atomic E-state index is 0.0377. The Morgan fingerprint density at radius 1 is 1.37 bits per heavy atom. The SMILES string of the molecule is CCCn1c(N2CCCC(C(=O)NCc3ccco3)C2)cc(=O)n(C)c1=O. The molecule has 1 atom stereocenters. The molecule has 1 fully saturated rings. The Labute approximate surface area is 157 Å². The van der Waals surface area contributed by atoms with E-state index < -0.39 is 0 Å². The average molecular weight is 374 g/mol. The molecule has 3 heterocycles. The predicted molar refractivity (Wildman–Crippen MR) is 102 cm³/mol. The van der Waals surface area contributed by atoms with Gasteiger partial charge in [0.25, 0.3) is 5.56 Å². The maximum atomic E-state index is 12.6. The van der Waals surface area contributed by atoms with Gasteiger partial charge in [0, 0.05) is 32.7 Å². The molecule has 146 valence electrons. The van der Waals surface area contributed by atoms with E-state index in [0.717, 1.165) is 30.4 Å². The zero-order chi connectivity index (χ0) is 19.4. The number of furan rings is 1. The fraction of sp³-hybridized carbons (Fsp3) is 0.526. The lowest BCUT2D eigenvalue weighted by atomic mass is 9.97. The van der Waals surface area contributed by atoms with Crippen LogP contribution >= 0.6 is 0 Å². The third-order valence-corrected chi connectivity index (χ3v) is 4.96. The van der Waals surface area contributed by atoms with Gasteiger partial charge >= 0.3 is 5.69 Å². The first-order valence-electron chi connectivity index (χ1n) is 9.37. The number of hydrogen-bond donors (Lipinski definition) is 1. The topological polar surface area (TPSA) is 89.5 Å². The number of hydrogen-bond acceptors (Lipinski definition) is 5. The maximum absolute atomic E-state index is 12.6. The number of rotatable bonds is 6. The zero-order valence-corrected chi connectivity index (χ0v) is 15.8. The van der Waals surface area contributed by atoms with E-state index in [1.54, 1.807) is 16.9 Å². The highest BCUT2D eigenvalue weighted by molar-refractivity contribution is 5.79. The van der Waals surface area contributed by atoms with Gasteiger partial charge in [-0.3, -0.25) is 18.7 Å². The number of amides is 1. The molecule has 2 aromatic heterocycles. The van der Waals surface area contributed by atoms with Crippen molar-refractivity contribution in [3.05, 3.63) is 51.1 Å². The molecule has 1 amide bonds. The highest BCUT2D eigenvalue weighted by Gasteiger charge is 2.28. The van der Waals surface area contributed by atoms with Gasteiger partial charge in [-0.15, -0.1) is 0 Å². The van der Waals surface area contributed by atoms with E-state index in [4.69, 9.17) is 4.42 Å². The van der Waals surface area contributed by atoms with Crippen molar-refractivity contribution < 1.29 is 9.21 Å². The van der Waals surface area contributed by atoms with Crippen molar-refractivity contribution in [2.24, 2.45) is 13.0 Å². The maximum Gasteiger partial charge on any atom is 0.332 e. The van der Waals surface area contributed by atoms with Crippen LogP contribution in [0.25, 0.3) is 0 Å². The Balaban J connectivity index is 1.77. The van der Waals surface area contributed by atoms with Gasteiger partial charge in [-0.1, -0.05) is 6.92 Å². The van der Waals surface area contributed by atoms with Crippen LogP contribution in [0.4, 0.5) is 5.82 Å². The quantitative estimate of drug-likeness (QED) is 0.817. The molecule has 0 saturated carbocycles. The van der Waals surface area contributed by atoms with Crippen molar-refractivity contribution in [2.75, 3.05) is 18.0 Å². The summed E-state index contributed by atoms with van der Waals surface area (Å²) in [7, 11) is 1.49. The fourth-order valence-electron chi connectivity index (χ4n) is 3.49. The second-order valence-corrected chi connectivity index (χ2v) is 6.92. The van der Waals surface area contributed by atoms with E-state index in [-0.39, 0.29) is 23.1 Å². The molecule has 8 nitrogen and oxygen atoms in total. The number of anilines is 1. The summed E-state index contributed by atoms with van der Waals surface area (Å²) in [5, 5.41) is 2.90. The smallest absolute Gasteiger partial charge is 0.332 e. The van der Waals surface area contributed by atoms with E-state index in [1.807, 2.05) is 17.9 Å². The molecule has 0 spiro atoms. The minimum Gasteiger partial charge on any atom is -0.467 e. The number of carbonyl (C=O) groups excluding carboxylic acids is 1. The van der Waals surface area contributed by atoms with Gasteiger partial charge in [0.2, 0.25) is 5.91 Å². The highest BCUT2D eigenvalue weighted by atomic mass is 16.3. The van der Waals surface area contributed by atoms with Crippen LogP contribution in [-0.4, -0.2) is 28.1 Å². The average Bonchev–Trinajstić information content (AvgIpc) is 3.20. The van der Waals surface area contributed by atoms with E-state index in [9.17, 15) is 14.4 Å². The lowest BCUT2D eigenvalue weighted by molar-refractivity contribution is -0.125. The van der Waals surface area contributed by atoms with Gasteiger partial charge in [0.1, 0.15) is 11.6 Å². The van der Waals surface area contributed by atoms with Crippen molar-refractivity contribution in [3.63, 3.8) is 0 Å². The Hall–Kier alpha value is -2.77. The van der Waals surface area contributed by atoms with E-state index in [0.29, 0.717) is 31.2 Å². The molecule has 3 rings (SSSR count). The van der Waals surface area contributed by atoms with Crippen molar-refractivity contribution in [3.8, 4) is 0 Å². The van der Waals surface area contributed by atoms with Crippen LogP contribution in [-0.2, 0) is 24.9 Å². The summed E-state index contributed by atoms with van der Waals surface area (Å²) in [6, 6.07) is 5.10. The van der Waals surface area contributed by atoms with Crippen molar-refractivity contribution in [2.45, 2.75) is 39.3 Å². The van der Waals surface area contributed by atoms with Gasteiger partial charge < -0.3 is 14.6 Å². The van der Waals surface area contributed by atoms with E-state index >= 15 is 0 Å². The predicted octanol–water partition coefficient (Wildman–Crippen LogP) is 1.08. The monoisotopic (exact) mass is 374 g/mol. The van der Waals surface area contributed by atoms with E-state index in [2.05, 4.69) is 5.32 Å². The molecule has 2 aromatic rings. The third-order valence-electron chi connectivity index (χ3n) is 4.96. The summed E-state index contributed by atoms with van der Waals surface area (Å²) >= 11 is 0. The fourth-order valence-corrected chi connectivity index (χ4v) is 3.49. The van der Waals surface area contributed by atoms with Gasteiger partial charge in [-0.05, 0) is 31.4 Å². The number of piperidine rings is 1. The first-order chi connectivity index (χ1) is 13.0. The lowest BCUT2D eigenvalue weighted by Crippen LogP contribution is -2.47. The Morgan fingerprint density at radius 3 is 2.89 bits per heavy atom. The standard InChI is InChI=1S/C19H26N4O4/c1-3-8-23-16(11-17(24)21(2)19(23)26)22-9-4-6-14(13-22)18(25)20-12-15-7-5-10-27-15/h5,7,10-11,14H,3-4,6,8-9,12-13H2,1-2H3,(H,20,25). The van der Waals surface area contributed by atoms with Crippen LogP contribution in [0.3, 0.4) is 0 Å². The second-order valence-electron chi connectivity index (χ2n) is 6.92. The number of nitrogens with one attached hydrogen (secondary N) is 1. The molecule has 27 heavy (non-hydrogen) atoms. The molecule has 1 unspecified atom stereocenters. The zero-order valence-electron chi connectivity index (χ0n) is 15.8. The summed E-state index contributed by atoms with van der Waals surface area (Å²) in [5.74, 6) is 1.08. The molecule has 0 bridgehead atoms. The van der Waals surface area contributed by atoms with Crippen LogP contribution < -0.4 is 21.5 Å². The van der Waals surface area contributed by atoms with Crippen LogP contribution in [0.1, 0.15) is 31.9 Å². The molecule has 1 N–H and O–H groups in total. The van der Waals surface area contributed by atoms with Gasteiger partial charge in [-0.25, -0.2) is 4.79 Å². The third kappa shape index (κ3) is 4.15. The molecule has 0 aliphatic carbocycles. The molecule has 1 saturated heterocycles. The Morgan fingerprint density at radius 2 is 2.19 bits per heavy atom. The number of nitrogens with zero attached hydrogens (tertiary/aromatic N) is 3. The summed E-state index contributed by atoms with van der Waals surface area (Å²) in [6.07, 6.45) is 3.97. The Kier molecular flexibility index (Phi) is 5.83. The van der Waals surface area contributed by atoms with E-state index in [1.165, 1.54) is 13.1 Å². The van der Waals surface area contributed by atoms with Crippen LogP contribution in [0, 0.1) is 5.92 Å². The van der Waals surface area contributed by atoms with Gasteiger partial charge in [0.05, 0.1) is 18.7 Å². The molecule has 8 heteroatoms. The summed E-state index contributed by atoms with van der Waals surface area (Å²) in [4.78, 5) is 39.2.